The summed E-state index contributed by atoms with van der Waals surface area (Å²) < 4.78 is 24.2. The smallest absolute Gasteiger partial charge is 0.181 e. The van der Waals surface area contributed by atoms with Crippen LogP contribution in [0.25, 0.3) is 22.5 Å². The number of hydrogen-bond donors (Lipinski definition) is 1. The lowest BCUT2D eigenvalue weighted by Gasteiger charge is -2.12. The first-order valence-electron chi connectivity index (χ1n) is 6.61. The number of benzene rings is 2. The van der Waals surface area contributed by atoms with Gasteiger partial charge >= 0.3 is 0 Å². The number of rotatable bonds is 3. The van der Waals surface area contributed by atoms with Gasteiger partial charge in [-0.15, -0.1) is 5.10 Å². The monoisotopic (exact) mass is 314 g/mol. The lowest BCUT2D eigenvalue weighted by Crippen LogP contribution is -2.02. The second-order valence-electron chi connectivity index (χ2n) is 5.07. The van der Waals surface area contributed by atoms with Gasteiger partial charge in [-0.1, -0.05) is 42.0 Å². The first-order chi connectivity index (χ1) is 10.5. The predicted molar refractivity (Wildman–Crippen MR) is 82.9 cm³/mol. The molecule has 0 bridgehead atoms. The predicted octanol–water partition coefficient (Wildman–Crippen LogP) is 2.25. The van der Waals surface area contributed by atoms with Crippen molar-refractivity contribution in [1.29, 1.82) is 0 Å². The summed E-state index contributed by atoms with van der Waals surface area (Å²) in [6, 6.07) is 13.0. The molecule has 1 N–H and O–H groups in total. The Kier molecular flexibility index (Phi) is 3.50. The van der Waals surface area contributed by atoms with Crippen LogP contribution in [0.4, 0.5) is 0 Å². The van der Waals surface area contributed by atoms with Gasteiger partial charge in [-0.05, 0) is 34.5 Å². The zero-order valence-electron chi connectivity index (χ0n) is 12.1. The van der Waals surface area contributed by atoms with Crippen LogP contribution in [-0.4, -0.2) is 35.3 Å². The Hall–Kier alpha value is -2.54. The molecule has 0 aliphatic carbocycles. The van der Waals surface area contributed by atoms with Crippen LogP contribution in [0.3, 0.4) is 0 Å². The minimum absolute atomic E-state index is 0.198. The lowest BCUT2D eigenvalue weighted by molar-refractivity contribution is 0.602. The van der Waals surface area contributed by atoms with Crippen LogP contribution in [0.5, 0.6) is 0 Å². The Morgan fingerprint density at radius 3 is 2.36 bits per heavy atom. The normalized spacial score (nSPS) is 11.5. The minimum Gasteiger partial charge on any atom is -0.239 e. The average molecular weight is 314 g/mol. The molecule has 0 aliphatic heterocycles. The van der Waals surface area contributed by atoms with E-state index in [1.54, 1.807) is 12.1 Å². The van der Waals surface area contributed by atoms with Gasteiger partial charge in [-0.3, -0.25) is 0 Å². The second-order valence-corrected chi connectivity index (χ2v) is 7.05. The molecular weight excluding hydrogens is 300 g/mol. The summed E-state index contributed by atoms with van der Waals surface area (Å²) in [4.78, 5) is 0.198. The van der Waals surface area contributed by atoms with Gasteiger partial charge in [0.05, 0.1) is 4.90 Å². The fourth-order valence-corrected chi connectivity index (χ4v) is 3.23. The van der Waals surface area contributed by atoms with E-state index in [2.05, 4.69) is 20.6 Å². The molecule has 1 heterocycles. The van der Waals surface area contributed by atoms with Crippen LogP contribution in [0.2, 0.25) is 0 Å². The van der Waals surface area contributed by atoms with Gasteiger partial charge in [0, 0.05) is 11.8 Å². The third kappa shape index (κ3) is 2.62. The van der Waals surface area contributed by atoms with E-state index in [0.717, 1.165) is 16.7 Å². The number of nitrogens with one attached hydrogen (secondary N) is 1. The van der Waals surface area contributed by atoms with Gasteiger partial charge in [-0.25, -0.2) is 13.5 Å². The third-order valence-corrected chi connectivity index (χ3v) is 4.51. The maximum absolute atomic E-state index is 12.1. The van der Waals surface area contributed by atoms with Gasteiger partial charge in [0.1, 0.15) is 0 Å². The van der Waals surface area contributed by atoms with Crippen LogP contribution < -0.4 is 0 Å². The van der Waals surface area contributed by atoms with E-state index in [1.165, 1.54) is 6.26 Å². The van der Waals surface area contributed by atoms with Crippen molar-refractivity contribution in [2.45, 2.75) is 11.8 Å². The van der Waals surface area contributed by atoms with E-state index in [9.17, 15) is 8.42 Å². The number of H-pyrrole nitrogens is 1. The quantitative estimate of drug-likeness (QED) is 0.801. The second kappa shape index (κ2) is 5.34. The van der Waals surface area contributed by atoms with Gasteiger partial charge in [0.15, 0.2) is 15.7 Å². The van der Waals surface area contributed by atoms with Gasteiger partial charge in [-0.2, -0.15) is 0 Å². The van der Waals surface area contributed by atoms with E-state index in [4.69, 9.17) is 0 Å². The summed E-state index contributed by atoms with van der Waals surface area (Å²) >= 11 is 0. The van der Waals surface area contributed by atoms with Crippen molar-refractivity contribution in [2.24, 2.45) is 0 Å². The first kappa shape index (κ1) is 14.4. The number of tetrazole rings is 1. The Morgan fingerprint density at radius 1 is 1.05 bits per heavy atom. The van der Waals surface area contributed by atoms with E-state index in [-0.39, 0.29) is 4.90 Å². The molecule has 0 aliphatic rings. The van der Waals surface area contributed by atoms with Crippen LogP contribution >= 0.6 is 0 Å². The largest absolute Gasteiger partial charge is 0.239 e. The van der Waals surface area contributed by atoms with Crippen molar-refractivity contribution >= 4 is 9.84 Å². The van der Waals surface area contributed by atoms with Crippen molar-refractivity contribution in [3.05, 3.63) is 48.0 Å². The fraction of sp³-hybridized carbons (Fsp3) is 0.133. The zero-order valence-corrected chi connectivity index (χ0v) is 12.9. The number of sulfone groups is 1. The van der Waals surface area contributed by atoms with Crippen molar-refractivity contribution in [3.63, 3.8) is 0 Å². The molecule has 0 atom stereocenters. The average Bonchev–Trinajstić information content (AvgIpc) is 3.00. The fourth-order valence-electron chi connectivity index (χ4n) is 2.32. The molecule has 0 fully saturated rings. The lowest BCUT2D eigenvalue weighted by atomic mass is 9.98. The summed E-state index contributed by atoms with van der Waals surface area (Å²) in [5.74, 6) is 0.330. The van der Waals surface area contributed by atoms with Crippen LogP contribution in [-0.2, 0) is 9.84 Å². The maximum Gasteiger partial charge on any atom is 0.181 e. The van der Waals surface area contributed by atoms with Gasteiger partial charge < -0.3 is 0 Å². The van der Waals surface area contributed by atoms with E-state index >= 15 is 0 Å². The number of nitrogens with zero attached hydrogens (tertiary/aromatic N) is 3. The Labute approximate surface area is 128 Å². The van der Waals surface area contributed by atoms with Gasteiger partial charge in [0.2, 0.25) is 0 Å². The molecule has 0 saturated carbocycles. The molecule has 0 spiro atoms. The molecule has 0 radical (unpaired) electrons. The molecule has 0 unspecified atom stereocenters. The SMILES string of the molecule is Cc1ccc(-c2cccc(S(C)(=O)=O)c2-c2nnn[nH]2)cc1. The summed E-state index contributed by atoms with van der Waals surface area (Å²) in [5, 5.41) is 13.6. The topological polar surface area (TPSA) is 88.6 Å². The molecule has 112 valence electrons. The molecule has 3 rings (SSSR count). The highest BCUT2D eigenvalue weighted by Gasteiger charge is 2.21. The summed E-state index contributed by atoms with van der Waals surface area (Å²) in [6.07, 6.45) is 1.18. The van der Waals surface area contributed by atoms with Crippen LogP contribution in [0, 0.1) is 6.92 Å². The number of aromatic amines is 1. The highest BCUT2D eigenvalue weighted by molar-refractivity contribution is 7.90. The summed E-state index contributed by atoms with van der Waals surface area (Å²) in [6.45, 7) is 2.00. The zero-order chi connectivity index (χ0) is 15.7. The van der Waals surface area contributed by atoms with Crippen LogP contribution in [0.1, 0.15) is 5.56 Å². The molecule has 2 aromatic carbocycles. The van der Waals surface area contributed by atoms with Crippen molar-refractivity contribution in [1.82, 2.24) is 20.6 Å². The molecule has 0 saturated heterocycles. The molecule has 22 heavy (non-hydrogen) atoms. The Bertz CT molecular complexity index is 901. The Balaban J connectivity index is 2.34. The maximum atomic E-state index is 12.1. The molecule has 0 amide bonds. The molecule has 3 aromatic rings. The molecule has 6 nitrogen and oxygen atoms in total. The number of aryl methyl sites for hydroxylation is 1. The van der Waals surface area contributed by atoms with E-state index < -0.39 is 9.84 Å². The Morgan fingerprint density at radius 2 is 1.77 bits per heavy atom. The summed E-state index contributed by atoms with van der Waals surface area (Å²) in [7, 11) is -3.41. The van der Waals surface area contributed by atoms with Crippen LogP contribution in [0.15, 0.2) is 47.4 Å². The molecule has 1 aromatic heterocycles. The van der Waals surface area contributed by atoms with E-state index in [1.807, 2.05) is 37.3 Å². The third-order valence-electron chi connectivity index (χ3n) is 3.37. The van der Waals surface area contributed by atoms with Crippen molar-refractivity contribution < 1.29 is 8.42 Å². The van der Waals surface area contributed by atoms with Crippen molar-refractivity contribution in [3.8, 4) is 22.5 Å². The highest BCUT2D eigenvalue weighted by Crippen LogP contribution is 2.35. The standard InChI is InChI=1S/C15H14N4O2S/c1-10-6-8-11(9-7-10)12-4-3-5-13(22(2,20)21)14(12)15-16-18-19-17-15/h3-9H,1-2H3,(H,16,17,18,19). The minimum atomic E-state index is -3.41. The molecule has 7 heteroatoms. The first-order valence-corrected chi connectivity index (χ1v) is 8.50. The number of hydrogen-bond acceptors (Lipinski definition) is 5. The number of aromatic nitrogens is 4. The van der Waals surface area contributed by atoms with E-state index in [0.29, 0.717) is 11.4 Å². The summed E-state index contributed by atoms with van der Waals surface area (Å²) in [5.41, 5.74) is 3.29. The van der Waals surface area contributed by atoms with Crippen molar-refractivity contribution in [2.75, 3.05) is 6.26 Å². The van der Waals surface area contributed by atoms with Gasteiger partial charge in [0.25, 0.3) is 0 Å². The molecular formula is C15H14N4O2S. The highest BCUT2D eigenvalue weighted by atomic mass is 32.2.